The molecule has 130 valence electrons. The second-order valence-electron chi connectivity index (χ2n) is 4.91. The van der Waals surface area contributed by atoms with Gasteiger partial charge >= 0.3 is 0 Å². The zero-order chi connectivity index (χ0) is 17.8. The molecule has 0 amide bonds. The molecule has 8 nitrogen and oxygen atoms in total. The zero-order valence-corrected chi connectivity index (χ0v) is 14.9. The van der Waals surface area contributed by atoms with Gasteiger partial charge in [0, 0.05) is 11.2 Å². The van der Waals surface area contributed by atoms with E-state index in [9.17, 15) is 0 Å². The first-order valence-corrected chi connectivity index (χ1v) is 7.99. The summed E-state index contributed by atoms with van der Waals surface area (Å²) in [7, 11) is 1.44. The molecule has 0 spiro atoms. The Hall–Kier alpha value is -2.58. The number of rotatable bonds is 6. The number of ether oxygens (including phenoxy) is 1. The first kappa shape index (κ1) is 17.2. The molecule has 0 fully saturated rings. The van der Waals surface area contributed by atoms with Crippen molar-refractivity contribution >= 4 is 41.3 Å². The number of nitrogens with zero attached hydrogens (tertiary/aromatic N) is 5. The van der Waals surface area contributed by atoms with Gasteiger partial charge in [-0.05, 0) is 31.2 Å². The van der Waals surface area contributed by atoms with Gasteiger partial charge in [0.1, 0.15) is 25.3 Å². The molecule has 0 radical (unpaired) electrons. The van der Waals surface area contributed by atoms with Crippen molar-refractivity contribution in [2.24, 2.45) is 5.16 Å². The minimum atomic E-state index is -0.355. The maximum atomic E-state index is 6.16. The molecular formula is C15H14Cl2N6O2. The van der Waals surface area contributed by atoms with E-state index in [0.717, 1.165) is 5.69 Å². The van der Waals surface area contributed by atoms with Gasteiger partial charge in [0.05, 0.1) is 10.7 Å². The molecule has 1 atom stereocenters. The molecule has 10 heteroatoms. The van der Waals surface area contributed by atoms with Crippen LogP contribution >= 0.6 is 23.2 Å². The van der Waals surface area contributed by atoms with E-state index in [0.29, 0.717) is 27.5 Å². The highest BCUT2D eigenvalue weighted by Gasteiger charge is 2.16. The topological polar surface area (TPSA) is 85.9 Å². The van der Waals surface area contributed by atoms with E-state index in [1.54, 1.807) is 35.0 Å². The van der Waals surface area contributed by atoms with E-state index in [4.69, 9.17) is 27.9 Å². The quantitative estimate of drug-likeness (QED) is 0.399. The first-order valence-electron chi connectivity index (χ1n) is 7.23. The summed E-state index contributed by atoms with van der Waals surface area (Å²) < 4.78 is 7.51. The van der Waals surface area contributed by atoms with Crippen molar-refractivity contribution in [2.75, 3.05) is 12.4 Å². The van der Waals surface area contributed by atoms with Gasteiger partial charge in [-0.25, -0.2) is 4.98 Å². The SMILES string of the molecule is CO/N=C\Nc1nc2nccc(C(C)Oc3ccc(Cl)cc3Cl)n2n1. The van der Waals surface area contributed by atoms with Gasteiger partial charge in [-0.2, -0.15) is 9.50 Å². The van der Waals surface area contributed by atoms with Gasteiger partial charge in [0.25, 0.3) is 5.78 Å². The summed E-state index contributed by atoms with van der Waals surface area (Å²) in [4.78, 5) is 13.0. The van der Waals surface area contributed by atoms with Gasteiger partial charge in [0.2, 0.25) is 5.95 Å². The number of anilines is 1. The van der Waals surface area contributed by atoms with Crippen LogP contribution in [0.4, 0.5) is 5.95 Å². The summed E-state index contributed by atoms with van der Waals surface area (Å²) in [5.41, 5.74) is 0.750. The molecule has 0 saturated heterocycles. The van der Waals surface area contributed by atoms with E-state index >= 15 is 0 Å². The van der Waals surface area contributed by atoms with Crippen LogP contribution in [0.5, 0.6) is 5.75 Å². The fourth-order valence-electron chi connectivity index (χ4n) is 2.14. The van der Waals surface area contributed by atoms with E-state index < -0.39 is 0 Å². The summed E-state index contributed by atoms with van der Waals surface area (Å²) in [5, 5.41) is 11.7. The summed E-state index contributed by atoms with van der Waals surface area (Å²) in [6, 6.07) is 6.85. The van der Waals surface area contributed by atoms with Crippen LogP contribution < -0.4 is 10.1 Å². The Morgan fingerprint density at radius 2 is 2.16 bits per heavy atom. The van der Waals surface area contributed by atoms with E-state index in [1.165, 1.54) is 13.4 Å². The number of hydrogen-bond donors (Lipinski definition) is 1. The van der Waals surface area contributed by atoms with Gasteiger partial charge in [-0.1, -0.05) is 28.4 Å². The number of aromatic nitrogens is 4. The van der Waals surface area contributed by atoms with Gasteiger partial charge in [0.15, 0.2) is 0 Å². The second-order valence-corrected chi connectivity index (χ2v) is 5.76. The zero-order valence-electron chi connectivity index (χ0n) is 13.3. The normalized spacial score (nSPS) is 12.5. The van der Waals surface area contributed by atoms with Crippen molar-refractivity contribution in [2.45, 2.75) is 13.0 Å². The highest BCUT2D eigenvalue weighted by molar-refractivity contribution is 6.35. The molecule has 2 aromatic heterocycles. The standard InChI is InChI=1S/C15H14Cl2N6O2/c1-9(25-13-4-3-10(16)7-11(13)17)12-5-6-18-15-21-14(22-23(12)15)19-8-20-24-2/h3-9H,1-2H3,(H,19,20,22). The van der Waals surface area contributed by atoms with Crippen molar-refractivity contribution in [3.63, 3.8) is 0 Å². The molecule has 25 heavy (non-hydrogen) atoms. The Morgan fingerprint density at radius 1 is 1.32 bits per heavy atom. The molecule has 1 N–H and O–H groups in total. The average molecular weight is 381 g/mol. The van der Waals surface area contributed by atoms with Gasteiger partial charge in [-0.3, -0.25) is 0 Å². The van der Waals surface area contributed by atoms with Crippen LogP contribution in [-0.2, 0) is 4.84 Å². The lowest BCUT2D eigenvalue weighted by atomic mass is 10.2. The maximum Gasteiger partial charge on any atom is 0.254 e. The molecule has 0 aliphatic rings. The van der Waals surface area contributed by atoms with Crippen LogP contribution in [0.1, 0.15) is 18.7 Å². The van der Waals surface area contributed by atoms with Crippen LogP contribution in [-0.4, -0.2) is 33.0 Å². The minimum absolute atomic E-state index is 0.331. The third-order valence-electron chi connectivity index (χ3n) is 3.24. The molecule has 0 saturated carbocycles. The Kier molecular flexibility index (Phi) is 5.20. The monoisotopic (exact) mass is 380 g/mol. The molecular weight excluding hydrogens is 367 g/mol. The molecule has 3 aromatic rings. The molecule has 3 rings (SSSR count). The van der Waals surface area contributed by atoms with Gasteiger partial charge in [-0.15, -0.1) is 5.10 Å². The largest absolute Gasteiger partial charge is 0.483 e. The van der Waals surface area contributed by atoms with E-state index in [2.05, 4.69) is 30.4 Å². The van der Waals surface area contributed by atoms with Crippen molar-refractivity contribution in [1.29, 1.82) is 0 Å². The second kappa shape index (κ2) is 7.54. The van der Waals surface area contributed by atoms with Crippen molar-refractivity contribution in [1.82, 2.24) is 19.6 Å². The van der Waals surface area contributed by atoms with Gasteiger partial charge < -0.3 is 14.9 Å². The Morgan fingerprint density at radius 3 is 2.92 bits per heavy atom. The Labute approximate surface area is 153 Å². The third kappa shape index (κ3) is 3.92. The highest BCUT2D eigenvalue weighted by atomic mass is 35.5. The minimum Gasteiger partial charge on any atom is -0.483 e. The fraction of sp³-hybridized carbons (Fsp3) is 0.200. The lowest BCUT2D eigenvalue weighted by Crippen LogP contribution is -2.10. The highest BCUT2D eigenvalue weighted by Crippen LogP contribution is 2.31. The van der Waals surface area contributed by atoms with Crippen molar-refractivity contribution in [3.8, 4) is 5.75 Å². The Balaban J connectivity index is 1.87. The third-order valence-corrected chi connectivity index (χ3v) is 3.77. The summed E-state index contributed by atoms with van der Waals surface area (Å²) in [6.07, 6.45) is 2.61. The summed E-state index contributed by atoms with van der Waals surface area (Å²) in [6.45, 7) is 1.88. The fourth-order valence-corrected chi connectivity index (χ4v) is 2.59. The van der Waals surface area contributed by atoms with Crippen LogP contribution in [0.2, 0.25) is 10.0 Å². The molecule has 0 bridgehead atoms. The summed E-state index contributed by atoms with van der Waals surface area (Å²) in [5.74, 6) is 1.27. The van der Waals surface area contributed by atoms with Crippen molar-refractivity contribution in [3.05, 3.63) is 46.2 Å². The number of oxime groups is 1. The number of benzene rings is 1. The Bertz CT molecular complexity index is 914. The maximum absolute atomic E-state index is 6.16. The predicted molar refractivity (Wildman–Crippen MR) is 95.4 cm³/mol. The molecule has 2 heterocycles. The number of hydrogen-bond acceptors (Lipinski definition) is 6. The first-order chi connectivity index (χ1) is 12.1. The van der Waals surface area contributed by atoms with Crippen molar-refractivity contribution < 1.29 is 9.57 Å². The summed E-state index contributed by atoms with van der Waals surface area (Å²) >= 11 is 12.1. The number of fused-ring (bicyclic) bond motifs is 1. The molecule has 0 aliphatic carbocycles. The van der Waals surface area contributed by atoms with Crippen LogP contribution in [0.25, 0.3) is 5.78 Å². The lowest BCUT2D eigenvalue weighted by molar-refractivity contribution is 0.215. The van der Waals surface area contributed by atoms with Crippen LogP contribution in [0.3, 0.4) is 0 Å². The van der Waals surface area contributed by atoms with Crippen LogP contribution in [0, 0.1) is 0 Å². The molecule has 1 unspecified atom stereocenters. The van der Waals surface area contributed by atoms with Crippen LogP contribution in [0.15, 0.2) is 35.6 Å². The molecule has 1 aromatic carbocycles. The average Bonchev–Trinajstić information content (AvgIpc) is 3.00. The number of halogens is 2. The smallest absolute Gasteiger partial charge is 0.254 e. The predicted octanol–water partition coefficient (Wildman–Crippen LogP) is 3.57. The molecule has 0 aliphatic heterocycles. The van der Waals surface area contributed by atoms with E-state index in [-0.39, 0.29) is 6.10 Å². The van der Waals surface area contributed by atoms with E-state index in [1.807, 2.05) is 6.92 Å². The lowest BCUT2D eigenvalue weighted by Gasteiger charge is -2.16. The number of nitrogens with one attached hydrogen (secondary N) is 1.